The van der Waals surface area contributed by atoms with Crippen molar-refractivity contribution >= 4 is 69.4 Å². The van der Waals surface area contributed by atoms with E-state index < -0.39 is 41.6 Å². The molecule has 0 bridgehead atoms. The van der Waals surface area contributed by atoms with Gasteiger partial charge in [0.25, 0.3) is 11.8 Å². The molecule has 6 aromatic rings. The van der Waals surface area contributed by atoms with Gasteiger partial charge < -0.3 is 45.5 Å². The third-order valence-corrected chi connectivity index (χ3v) is 15.3. The molecule has 5 aromatic carbocycles. The van der Waals surface area contributed by atoms with Crippen LogP contribution in [0.2, 0.25) is 0 Å². The van der Waals surface area contributed by atoms with Gasteiger partial charge in [-0.05, 0) is 124 Å². The van der Waals surface area contributed by atoms with Crippen LogP contribution in [-0.2, 0) is 42.5 Å². The summed E-state index contributed by atoms with van der Waals surface area (Å²) in [6.07, 6.45) is -2.29. The second-order valence-electron chi connectivity index (χ2n) is 20.8. The number of alkyl halides is 6. The second kappa shape index (κ2) is 24.8. The van der Waals surface area contributed by atoms with Crippen molar-refractivity contribution < 1.29 is 69.4 Å². The Morgan fingerprint density at radius 2 is 1.27 bits per heavy atom. The first kappa shape index (κ1) is 58.9. The molecule has 83 heavy (non-hydrogen) atoms. The zero-order chi connectivity index (χ0) is 59.2. The van der Waals surface area contributed by atoms with Crippen LogP contribution in [-0.4, -0.2) is 84.0 Å². The highest BCUT2D eigenvalue weighted by Crippen LogP contribution is 2.57. The van der Waals surface area contributed by atoms with Gasteiger partial charge in [-0.3, -0.25) is 28.8 Å². The minimum Gasteiger partial charge on any atom is -0.456 e. The number of esters is 1. The molecule has 1 aromatic heterocycles. The van der Waals surface area contributed by atoms with Crippen molar-refractivity contribution in [1.82, 2.24) is 20.5 Å². The van der Waals surface area contributed by atoms with Crippen LogP contribution in [0.25, 0.3) is 10.9 Å². The Balaban J connectivity index is 0.722. The summed E-state index contributed by atoms with van der Waals surface area (Å²) >= 11 is 0. The van der Waals surface area contributed by atoms with Crippen LogP contribution in [0.1, 0.15) is 132 Å². The molecular formula is C61H61F6N7O9. The quantitative estimate of drug-likeness (QED) is 0.0280. The Labute approximate surface area is 473 Å². The Morgan fingerprint density at radius 1 is 0.651 bits per heavy atom. The minimum atomic E-state index is -5.26. The van der Waals surface area contributed by atoms with Gasteiger partial charge in [0.05, 0.1) is 5.56 Å². The van der Waals surface area contributed by atoms with Crippen molar-refractivity contribution in [2.75, 3.05) is 35.2 Å². The molecule has 0 saturated heterocycles. The monoisotopic (exact) mass is 1150 g/mol. The first-order valence-electron chi connectivity index (χ1n) is 27.6. The smallest absolute Gasteiger partial charge is 0.456 e. The Bertz CT molecular complexity index is 3400. The topological polar surface area (TPSA) is 206 Å². The molecule has 5 N–H and O–H groups in total. The van der Waals surface area contributed by atoms with Gasteiger partial charge in [-0.2, -0.15) is 26.3 Å². The number of amides is 6. The zero-order valence-electron chi connectivity index (χ0n) is 45.5. The number of para-hydroxylation sites is 1. The first-order chi connectivity index (χ1) is 39.7. The lowest BCUT2D eigenvalue weighted by Crippen LogP contribution is -2.42. The summed E-state index contributed by atoms with van der Waals surface area (Å²) in [5.41, 5.74) is 0.743. The summed E-state index contributed by atoms with van der Waals surface area (Å²) in [7, 11) is 0. The van der Waals surface area contributed by atoms with Crippen molar-refractivity contribution in [3.63, 3.8) is 0 Å². The number of carbonyl (C=O) groups is 7. The van der Waals surface area contributed by atoms with E-state index in [-0.39, 0.29) is 86.9 Å². The van der Waals surface area contributed by atoms with Crippen LogP contribution in [0.3, 0.4) is 0 Å². The van der Waals surface area contributed by atoms with E-state index in [9.17, 15) is 59.9 Å². The number of rotatable bonds is 20. The SMILES string of the molecule is CCc1cccc(N(CC)C(=O)Cn2c(C(=O)N[C@H]3CC[C@H](C(=O)NCCCCCCCCNC(=O)c4ccc5c(c4)C4(OC5=O)c5ccc(NC(=O)C(F)(F)F)cc5Oc5cc(NC(=O)C(F)(F)F)ccc54)CC3)cc3ccccc32)c1. The molecule has 1 spiro atoms. The number of benzene rings is 5. The fourth-order valence-corrected chi connectivity index (χ4v) is 11.0. The van der Waals surface area contributed by atoms with Crippen LogP contribution >= 0.6 is 0 Å². The Kier molecular flexibility index (Phi) is 17.6. The van der Waals surface area contributed by atoms with E-state index in [1.54, 1.807) is 20.1 Å². The molecule has 6 amide bonds. The molecule has 0 radical (unpaired) electrons. The lowest BCUT2D eigenvalue weighted by molar-refractivity contribution is -0.167. The number of hydrogen-bond acceptors (Lipinski definition) is 9. The van der Waals surface area contributed by atoms with Crippen molar-refractivity contribution in [2.45, 2.75) is 115 Å². The van der Waals surface area contributed by atoms with Gasteiger partial charge in [0.1, 0.15) is 23.7 Å². The summed E-state index contributed by atoms with van der Waals surface area (Å²) in [6, 6.07) is 28.1. The predicted molar refractivity (Wildman–Crippen MR) is 296 cm³/mol. The predicted octanol–water partition coefficient (Wildman–Crippen LogP) is 11.0. The highest BCUT2D eigenvalue weighted by Gasteiger charge is 2.54. The number of aryl methyl sites for hydroxylation is 1. The van der Waals surface area contributed by atoms with Gasteiger partial charge in [-0.25, -0.2) is 4.79 Å². The zero-order valence-corrected chi connectivity index (χ0v) is 45.5. The summed E-state index contributed by atoms with van der Waals surface area (Å²) in [5.74, 6) is -7.04. The average Bonchev–Trinajstić information content (AvgIpc) is 4.21. The van der Waals surface area contributed by atoms with Crippen molar-refractivity contribution in [3.05, 3.63) is 148 Å². The molecular weight excluding hydrogens is 1090 g/mol. The molecule has 2 aliphatic heterocycles. The molecule has 1 saturated carbocycles. The lowest BCUT2D eigenvalue weighted by atomic mass is 9.77. The van der Waals surface area contributed by atoms with E-state index in [1.165, 1.54) is 30.3 Å². The maximum atomic E-state index is 13.9. The number of aromatic nitrogens is 1. The first-order valence-corrected chi connectivity index (χ1v) is 27.6. The second-order valence-corrected chi connectivity index (χ2v) is 20.8. The van der Waals surface area contributed by atoms with Gasteiger partial charge in [-0.15, -0.1) is 0 Å². The van der Waals surface area contributed by atoms with E-state index in [2.05, 4.69) is 22.9 Å². The van der Waals surface area contributed by atoms with Crippen LogP contribution in [0, 0.1) is 5.92 Å². The highest BCUT2D eigenvalue weighted by atomic mass is 19.4. The lowest BCUT2D eigenvalue weighted by Gasteiger charge is -2.37. The third-order valence-electron chi connectivity index (χ3n) is 15.3. The van der Waals surface area contributed by atoms with Crippen LogP contribution in [0.15, 0.2) is 109 Å². The normalized spacial score (nSPS) is 15.9. The number of hydrogen-bond donors (Lipinski definition) is 5. The molecule has 436 valence electrons. The maximum absolute atomic E-state index is 13.9. The summed E-state index contributed by atoms with van der Waals surface area (Å²) < 4.78 is 92.8. The summed E-state index contributed by atoms with van der Waals surface area (Å²) in [6.45, 7) is 5.29. The van der Waals surface area contributed by atoms with E-state index in [4.69, 9.17) is 9.47 Å². The summed E-state index contributed by atoms with van der Waals surface area (Å²) in [5, 5.41) is 13.4. The van der Waals surface area contributed by atoms with E-state index in [0.29, 0.717) is 57.4 Å². The largest absolute Gasteiger partial charge is 0.471 e. The van der Waals surface area contributed by atoms with Crippen LogP contribution in [0.5, 0.6) is 11.5 Å². The van der Waals surface area contributed by atoms with Gasteiger partial charge >= 0.3 is 30.1 Å². The van der Waals surface area contributed by atoms with Crippen molar-refractivity contribution in [2.24, 2.45) is 5.92 Å². The van der Waals surface area contributed by atoms with Crippen LogP contribution in [0.4, 0.5) is 43.4 Å². The molecule has 3 aliphatic rings. The summed E-state index contributed by atoms with van der Waals surface area (Å²) in [4.78, 5) is 93.4. The molecule has 1 aliphatic carbocycles. The van der Waals surface area contributed by atoms with E-state index in [1.807, 2.05) is 61.5 Å². The van der Waals surface area contributed by atoms with Gasteiger partial charge in [0.2, 0.25) is 11.8 Å². The average molecular weight is 1150 g/mol. The molecule has 22 heteroatoms. The molecule has 9 rings (SSSR count). The van der Waals surface area contributed by atoms with Crippen molar-refractivity contribution in [3.8, 4) is 11.5 Å². The molecule has 16 nitrogen and oxygen atoms in total. The maximum Gasteiger partial charge on any atom is 0.471 e. The molecule has 0 atom stereocenters. The molecule has 1 fully saturated rings. The van der Waals surface area contributed by atoms with Crippen molar-refractivity contribution in [1.29, 1.82) is 0 Å². The minimum absolute atomic E-state index is 0.00411. The number of nitrogens with zero attached hydrogens (tertiary/aromatic N) is 2. The van der Waals surface area contributed by atoms with Crippen LogP contribution < -0.4 is 36.2 Å². The highest BCUT2D eigenvalue weighted by molar-refractivity contribution is 6.03. The van der Waals surface area contributed by atoms with E-state index >= 15 is 0 Å². The third kappa shape index (κ3) is 13.0. The van der Waals surface area contributed by atoms with E-state index in [0.717, 1.165) is 84.9 Å². The number of halogens is 6. The standard InChI is InChI=1S/C61H61F6N7O9/c1-3-36-14-13-16-43(30-36)73(4-2)52(75)35-74-48-17-10-9-15-38(48)32-49(74)55(78)70-40-21-18-37(19-22-40)53(76)68-28-11-7-5-6-8-12-29-69-54(77)39-20-25-44-47(31-39)59(83-56(44)79)45-26-23-41(71-57(80)60(62,63)64)33-50(45)82-51-34-42(24-27-46(51)59)72-58(81)61(65,66)67/h9-10,13-17,20,23-27,30-34,37,40H,3-8,11-12,18-19,21-22,28-29,35H2,1-2H3,(H,68,76)(H,69,77)(H,70,78)(H,71,80)(H,72,81)/t37-,40-. The number of ether oxygens (including phenoxy) is 2. The van der Waals surface area contributed by atoms with Gasteiger partial charge in [0.15, 0.2) is 5.60 Å². The fourth-order valence-electron chi connectivity index (χ4n) is 11.0. The molecule has 0 unspecified atom stereocenters. The Morgan fingerprint density at radius 3 is 1.88 bits per heavy atom. The van der Waals surface area contributed by atoms with Gasteiger partial charge in [-0.1, -0.05) is 62.9 Å². The number of fused-ring (bicyclic) bond motifs is 7. The number of carbonyl (C=O) groups excluding carboxylic acids is 7. The van der Waals surface area contributed by atoms with Gasteiger partial charge in [0, 0.05) is 93.9 Å². The number of nitrogens with one attached hydrogen (secondary N) is 5. The number of anilines is 3. The number of likely N-dealkylation sites (N-methyl/N-ethyl adjacent to an activating group) is 1. The Hall–Kier alpha value is -8.69. The number of unbranched alkanes of at least 4 members (excludes halogenated alkanes) is 5. The fraction of sp³-hybridized carbons (Fsp3) is 0.361. The molecule has 3 heterocycles.